The molecule has 0 spiro atoms. The van der Waals surface area contributed by atoms with Gasteiger partial charge in [-0.15, -0.1) is 0 Å². The molecule has 2 N–H and O–H groups in total. The molecule has 1 aliphatic heterocycles. The molecule has 1 aromatic carbocycles. The molecular formula is C15H17F2N3O3. The lowest BCUT2D eigenvalue weighted by Crippen LogP contribution is -2.43. The minimum Gasteiger partial charge on any atom is -0.355 e. The zero-order valence-corrected chi connectivity index (χ0v) is 12.8. The topological polar surface area (TPSA) is 78.5 Å². The Morgan fingerprint density at radius 2 is 2.04 bits per heavy atom. The van der Waals surface area contributed by atoms with Crippen LogP contribution >= 0.6 is 0 Å². The van der Waals surface area contributed by atoms with Crippen LogP contribution in [0.15, 0.2) is 18.2 Å². The molecule has 1 fully saturated rings. The van der Waals surface area contributed by atoms with Crippen molar-refractivity contribution in [3.63, 3.8) is 0 Å². The standard InChI is InChI=1S/C15H17F2N3O3/c1-3-6-18-12(21)8-20-13(22)15(2,19-14(20)23)10-5-4-9(16)7-11(10)17/h4-5,7H,3,6,8H2,1-2H3,(H,18,21)(H,19,23)/t15-/m1/s1. The number of urea groups is 1. The maximum absolute atomic E-state index is 14.0. The summed E-state index contributed by atoms with van der Waals surface area (Å²) in [4.78, 5) is 36.9. The number of rotatable bonds is 5. The molecule has 4 amide bonds. The van der Waals surface area contributed by atoms with E-state index in [-0.39, 0.29) is 5.56 Å². The van der Waals surface area contributed by atoms with Gasteiger partial charge in [-0.3, -0.25) is 14.5 Å². The number of benzene rings is 1. The first-order valence-corrected chi connectivity index (χ1v) is 7.16. The fourth-order valence-corrected chi connectivity index (χ4v) is 2.38. The number of carbonyl (C=O) groups excluding carboxylic acids is 3. The van der Waals surface area contributed by atoms with E-state index in [1.165, 1.54) is 6.92 Å². The highest BCUT2D eigenvalue weighted by molar-refractivity contribution is 6.09. The van der Waals surface area contributed by atoms with Crippen LogP contribution in [0.4, 0.5) is 13.6 Å². The van der Waals surface area contributed by atoms with E-state index in [4.69, 9.17) is 0 Å². The lowest BCUT2D eigenvalue weighted by molar-refractivity contribution is -0.134. The summed E-state index contributed by atoms with van der Waals surface area (Å²) >= 11 is 0. The van der Waals surface area contributed by atoms with E-state index in [0.29, 0.717) is 23.9 Å². The van der Waals surface area contributed by atoms with Crippen LogP contribution in [0.5, 0.6) is 0 Å². The number of nitrogens with one attached hydrogen (secondary N) is 2. The number of nitrogens with zero attached hydrogens (tertiary/aromatic N) is 1. The zero-order valence-electron chi connectivity index (χ0n) is 12.8. The van der Waals surface area contributed by atoms with Gasteiger partial charge in [0, 0.05) is 18.2 Å². The molecule has 0 aromatic heterocycles. The summed E-state index contributed by atoms with van der Waals surface area (Å²) in [5.74, 6) is -2.99. The Hall–Kier alpha value is -2.51. The summed E-state index contributed by atoms with van der Waals surface area (Å²) in [6, 6.07) is 1.94. The van der Waals surface area contributed by atoms with Gasteiger partial charge in [-0.05, 0) is 19.4 Å². The van der Waals surface area contributed by atoms with Crippen molar-refractivity contribution in [1.82, 2.24) is 15.5 Å². The van der Waals surface area contributed by atoms with Crippen LogP contribution in [0.1, 0.15) is 25.8 Å². The number of halogens is 2. The van der Waals surface area contributed by atoms with Crippen molar-refractivity contribution in [2.75, 3.05) is 13.1 Å². The normalized spacial score (nSPS) is 20.6. The number of amides is 4. The Morgan fingerprint density at radius 1 is 1.35 bits per heavy atom. The molecule has 124 valence electrons. The third kappa shape index (κ3) is 3.15. The highest BCUT2D eigenvalue weighted by Crippen LogP contribution is 2.30. The van der Waals surface area contributed by atoms with Gasteiger partial charge in [0.1, 0.15) is 23.7 Å². The number of carbonyl (C=O) groups is 3. The Bertz CT molecular complexity index is 665. The van der Waals surface area contributed by atoms with Crippen molar-refractivity contribution in [2.45, 2.75) is 25.8 Å². The van der Waals surface area contributed by atoms with Crippen LogP contribution in [-0.2, 0) is 15.1 Å². The Kier molecular flexibility index (Phi) is 4.63. The SMILES string of the molecule is CCCNC(=O)CN1C(=O)N[C@](C)(c2ccc(F)cc2F)C1=O. The second-order valence-electron chi connectivity index (χ2n) is 5.42. The predicted octanol–water partition coefficient (Wildman–Crippen LogP) is 1.26. The van der Waals surface area contributed by atoms with E-state index in [9.17, 15) is 23.2 Å². The van der Waals surface area contributed by atoms with Crippen molar-refractivity contribution in [3.05, 3.63) is 35.4 Å². The largest absolute Gasteiger partial charge is 0.355 e. The summed E-state index contributed by atoms with van der Waals surface area (Å²) in [6.07, 6.45) is 0.713. The molecule has 1 aromatic rings. The van der Waals surface area contributed by atoms with Crippen molar-refractivity contribution in [1.29, 1.82) is 0 Å². The number of imide groups is 1. The molecule has 0 aliphatic carbocycles. The average molecular weight is 325 g/mol. The lowest BCUT2D eigenvalue weighted by Gasteiger charge is -2.22. The molecule has 1 atom stereocenters. The molecule has 0 saturated carbocycles. The second-order valence-corrected chi connectivity index (χ2v) is 5.42. The summed E-state index contributed by atoms with van der Waals surface area (Å²) in [7, 11) is 0. The third-order valence-corrected chi connectivity index (χ3v) is 3.62. The fourth-order valence-electron chi connectivity index (χ4n) is 2.38. The maximum atomic E-state index is 14.0. The average Bonchev–Trinajstić information content (AvgIpc) is 2.69. The fraction of sp³-hybridized carbons (Fsp3) is 0.400. The van der Waals surface area contributed by atoms with Crippen LogP contribution in [0, 0.1) is 11.6 Å². The minimum absolute atomic E-state index is 0.159. The van der Waals surface area contributed by atoms with Gasteiger partial charge in [0.05, 0.1) is 0 Å². The lowest BCUT2D eigenvalue weighted by atomic mass is 9.91. The van der Waals surface area contributed by atoms with Gasteiger partial charge in [-0.25, -0.2) is 13.6 Å². The highest BCUT2D eigenvalue weighted by atomic mass is 19.1. The highest BCUT2D eigenvalue weighted by Gasteiger charge is 2.50. The summed E-state index contributed by atoms with van der Waals surface area (Å²) in [6.45, 7) is 3.14. The maximum Gasteiger partial charge on any atom is 0.325 e. The first kappa shape index (κ1) is 16.9. The number of hydrogen-bond donors (Lipinski definition) is 2. The molecule has 0 radical (unpaired) electrons. The molecule has 0 unspecified atom stereocenters. The quantitative estimate of drug-likeness (QED) is 0.800. The van der Waals surface area contributed by atoms with Crippen LogP contribution in [0.25, 0.3) is 0 Å². The van der Waals surface area contributed by atoms with Gasteiger partial charge in [0.25, 0.3) is 5.91 Å². The summed E-state index contributed by atoms with van der Waals surface area (Å²) in [5, 5.41) is 4.91. The zero-order chi connectivity index (χ0) is 17.2. The molecule has 1 aliphatic rings. The van der Waals surface area contributed by atoms with Crippen molar-refractivity contribution < 1.29 is 23.2 Å². The van der Waals surface area contributed by atoms with Gasteiger partial charge in [-0.2, -0.15) is 0 Å². The Morgan fingerprint density at radius 3 is 2.65 bits per heavy atom. The van der Waals surface area contributed by atoms with E-state index >= 15 is 0 Å². The van der Waals surface area contributed by atoms with Gasteiger partial charge in [-0.1, -0.05) is 13.0 Å². The molecule has 8 heteroatoms. The van der Waals surface area contributed by atoms with Crippen LogP contribution in [0.2, 0.25) is 0 Å². The van der Waals surface area contributed by atoms with E-state index in [1.807, 2.05) is 6.92 Å². The predicted molar refractivity (Wildman–Crippen MR) is 77.3 cm³/mol. The smallest absolute Gasteiger partial charge is 0.325 e. The van der Waals surface area contributed by atoms with Crippen LogP contribution < -0.4 is 10.6 Å². The van der Waals surface area contributed by atoms with Crippen molar-refractivity contribution in [3.8, 4) is 0 Å². The first-order valence-electron chi connectivity index (χ1n) is 7.16. The Labute approximate surface area is 131 Å². The monoisotopic (exact) mass is 325 g/mol. The molecule has 1 saturated heterocycles. The molecule has 1 heterocycles. The molecular weight excluding hydrogens is 308 g/mol. The Balaban J connectivity index is 2.24. The van der Waals surface area contributed by atoms with Gasteiger partial charge >= 0.3 is 6.03 Å². The van der Waals surface area contributed by atoms with E-state index in [0.717, 1.165) is 12.1 Å². The van der Waals surface area contributed by atoms with Crippen molar-refractivity contribution in [2.24, 2.45) is 0 Å². The third-order valence-electron chi connectivity index (χ3n) is 3.62. The van der Waals surface area contributed by atoms with E-state index < -0.39 is 41.6 Å². The molecule has 0 bridgehead atoms. The van der Waals surface area contributed by atoms with E-state index in [2.05, 4.69) is 10.6 Å². The second kappa shape index (κ2) is 6.31. The van der Waals surface area contributed by atoms with Crippen LogP contribution in [-0.4, -0.2) is 35.8 Å². The van der Waals surface area contributed by atoms with Gasteiger partial charge in [0.2, 0.25) is 5.91 Å². The van der Waals surface area contributed by atoms with Gasteiger partial charge < -0.3 is 10.6 Å². The van der Waals surface area contributed by atoms with Crippen LogP contribution in [0.3, 0.4) is 0 Å². The molecule has 2 rings (SSSR count). The molecule has 23 heavy (non-hydrogen) atoms. The van der Waals surface area contributed by atoms with Crippen molar-refractivity contribution >= 4 is 17.8 Å². The number of hydrogen-bond acceptors (Lipinski definition) is 3. The summed E-state index contributed by atoms with van der Waals surface area (Å²) < 4.78 is 27.0. The molecule has 6 nitrogen and oxygen atoms in total. The minimum atomic E-state index is -1.68. The summed E-state index contributed by atoms with van der Waals surface area (Å²) in [5.41, 5.74) is -1.84. The van der Waals surface area contributed by atoms with Gasteiger partial charge in [0.15, 0.2) is 0 Å². The first-order chi connectivity index (χ1) is 10.8. The van der Waals surface area contributed by atoms with E-state index in [1.54, 1.807) is 0 Å².